The Morgan fingerprint density at radius 1 is 1.03 bits per heavy atom. The Bertz CT molecular complexity index is 1440. The van der Waals surface area contributed by atoms with Gasteiger partial charge in [-0.05, 0) is 66.1 Å². The summed E-state index contributed by atoms with van der Waals surface area (Å²) in [6.07, 6.45) is 0.789. The van der Waals surface area contributed by atoms with Crippen LogP contribution in [0.25, 0.3) is 5.76 Å². The van der Waals surface area contributed by atoms with Gasteiger partial charge in [-0.15, -0.1) is 0 Å². The minimum Gasteiger partial charge on any atom is -0.507 e. The number of carbonyl (C=O) groups excluding carboxylic acids is 3. The number of hydrogen-bond acceptors (Lipinski definition) is 7. The van der Waals surface area contributed by atoms with Crippen molar-refractivity contribution in [2.24, 2.45) is 0 Å². The zero-order valence-electron chi connectivity index (χ0n) is 21.3. The fourth-order valence-electron chi connectivity index (χ4n) is 4.94. The first-order chi connectivity index (χ1) is 18.3. The highest BCUT2D eigenvalue weighted by molar-refractivity contribution is 6.51. The van der Waals surface area contributed by atoms with E-state index in [1.807, 2.05) is 6.92 Å². The van der Waals surface area contributed by atoms with Gasteiger partial charge in [-0.2, -0.15) is 0 Å². The lowest BCUT2D eigenvalue weighted by Gasteiger charge is -2.25. The maximum absolute atomic E-state index is 13.4. The second kappa shape index (κ2) is 10.0. The van der Waals surface area contributed by atoms with Crippen LogP contribution in [0.15, 0.2) is 72.3 Å². The van der Waals surface area contributed by atoms with Crippen LogP contribution in [0.1, 0.15) is 35.2 Å². The Hall–Kier alpha value is -4.59. The molecule has 0 spiro atoms. The van der Waals surface area contributed by atoms with Gasteiger partial charge >= 0.3 is 5.97 Å². The van der Waals surface area contributed by atoms with Crippen molar-refractivity contribution in [3.8, 4) is 11.5 Å². The summed E-state index contributed by atoms with van der Waals surface area (Å²) >= 11 is 0. The Morgan fingerprint density at radius 3 is 2.39 bits per heavy atom. The molecule has 2 aliphatic rings. The molecule has 8 nitrogen and oxygen atoms in total. The number of ketones is 1. The molecule has 3 aromatic rings. The summed E-state index contributed by atoms with van der Waals surface area (Å²) in [6, 6.07) is 18.1. The Labute approximate surface area is 220 Å². The Morgan fingerprint density at radius 2 is 1.74 bits per heavy atom. The highest BCUT2D eigenvalue weighted by Crippen LogP contribution is 2.43. The van der Waals surface area contributed by atoms with Crippen LogP contribution < -0.4 is 14.4 Å². The second-order valence-corrected chi connectivity index (χ2v) is 9.32. The molecular weight excluding hydrogens is 486 g/mol. The van der Waals surface area contributed by atoms with Crippen LogP contribution in [0, 0.1) is 0 Å². The predicted octanol–water partition coefficient (Wildman–Crippen LogP) is 4.36. The quantitative estimate of drug-likeness (QED) is 0.226. The number of ether oxygens (including phenoxy) is 3. The fourth-order valence-corrected chi connectivity index (χ4v) is 4.94. The van der Waals surface area contributed by atoms with Gasteiger partial charge in [0.25, 0.3) is 11.7 Å². The molecule has 1 fully saturated rings. The average molecular weight is 514 g/mol. The molecule has 2 heterocycles. The first kappa shape index (κ1) is 25.1. The van der Waals surface area contributed by atoms with E-state index in [-0.39, 0.29) is 29.8 Å². The van der Waals surface area contributed by atoms with Crippen LogP contribution in [0.2, 0.25) is 0 Å². The zero-order valence-corrected chi connectivity index (χ0v) is 21.3. The van der Waals surface area contributed by atoms with Crippen molar-refractivity contribution in [1.82, 2.24) is 0 Å². The largest absolute Gasteiger partial charge is 0.507 e. The Kier molecular flexibility index (Phi) is 6.63. The number of amides is 1. The van der Waals surface area contributed by atoms with Crippen LogP contribution in [-0.4, -0.2) is 43.1 Å². The summed E-state index contributed by atoms with van der Waals surface area (Å²) in [5.74, 6) is -0.820. The standard InChI is InChI=1S/C30H27NO7/c1-17-14-21-16-20(8-13-24(21)38-17)28(33)26-27(19-6-11-23(36-2)12-7-19)31(30(35)29(26)34)22-9-4-18(5-10-22)15-25(32)37-3/h4-13,16-17,27,33H,14-15H2,1-3H3/b28-26-. The summed E-state index contributed by atoms with van der Waals surface area (Å²) in [5, 5.41) is 11.4. The van der Waals surface area contributed by atoms with E-state index >= 15 is 0 Å². The van der Waals surface area contributed by atoms with Gasteiger partial charge in [0.2, 0.25) is 0 Å². The zero-order chi connectivity index (χ0) is 27.0. The number of Topliss-reactive ketones (excluding diaryl/α,β-unsaturated/α-hetero) is 1. The summed E-state index contributed by atoms with van der Waals surface area (Å²) < 4.78 is 15.8. The SMILES string of the molecule is COC(=O)Cc1ccc(N2C(=O)C(=O)/C(=C(\O)c3ccc4c(c3)CC(C)O4)C2c2ccc(OC)cc2)cc1. The lowest BCUT2D eigenvalue weighted by molar-refractivity contribution is -0.139. The van der Waals surface area contributed by atoms with Gasteiger partial charge in [-0.25, -0.2) is 0 Å². The molecule has 0 aromatic heterocycles. The third-order valence-electron chi connectivity index (χ3n) is 6.84. The van der Waals surface area contributed by atoms with Gasteiger partial charge in [-0.3, -0.25) is 19.3 Å². The van der Waals surface area contributed by atoms with Crippen molar-refractivity contribution in [3.05, 3.63) is 94.6 Å². The number of carbonyl (C=O) groups is 3. The molecule has 194 valence electrons. The number of aliphatic hydroxyl groups excluding tert-OH is 1. The normalized spacial score (nSPS) is 19.7. The summed E-state index contributed by atoms with van der Waals surface area (Å²) in [5.41, 5.74) is 3.14. The molecule has 1 amide bonds. The minimum absolute atomic E-state index is 0.00859. The molecule has 1 saturated heterocycles. The molecule has 1 N–H and O–H groups in total. The van der Waals surface area contributed by atoms with E-state index in [9.17, 15) is 19.5 Å². The maximum Gasteiger partial charge on any atom is 0.309 e. The average Bonchev–Trinajstić information content (AvgIpc) is 3.43. The number of esters is 1. The van der Waals surface area contributed by atoms with E-state index in [2.05, 4.69) is 0 Å². The number of benzene rings is 3. The topological polar surface area (TPSA) is 102 Å². The predicted molar refractivity (Wildman–Crippen MR) is 140 cm³/mol. The van der Waals surface area contributed by atoms with Crippen LogP contribution in [0.3, 0.4) is 0 Å². The second-order valence-electron chi connectivity index (χ2n) is 9.32. The van der Waals surface area contributed by atoms with Gasteiger partial charge in [0.05, 0.1) is 32.3 Å². The fraction of sp³-hybridized carbons (Fsp3) is 0.233. The lowest BCUT2D eigenvalue weighted by Crippen LogP contribution is -2.29. The molecule has 5 rings (SSSR count). The highest BCUT2D eigenvalue weighted by Gasteiger charge is 2.47. The number of nitrogens with zero attached hydrogens (tertiary/aromatic N) is 1. The van der Waals surface area contributed by atoms with Gasteiger partial charge in [0, 0.05) is 17.7 Å². The molecule has 2 unspecified atom stereocenters. The van der Waals surface area contributed by atoms with E-state index in [1.165, 1.54) is 12.0 Å². The molecule has 38 heavy (non-hydrogen) atoms. The van der Waals surface area contributed by atoms with Crippen LogP contribution in [0.5, 0.6) is 11.5 Å². The molecule has 0 saturated carbocycles. The number of hydrogen-bond donors (Lipinski definition) is 1. The minimum atomic E-state index is -0.879. The third kappa shape index (κ3) is 4.49. The molecular formula is C30H27NO7. The number of aliphatic hydroxyl groups is 1. The summed E-state index contributed by atoms with van der Waals surface area (Å²) in [7, 11) is 2.87. The van der Waals surface area contributed by atoms with Gasteiger partial charge in [0.1, 0.15) is 23.4 Å². The molecule has 2 aliphatic heterocycles. The monoisotopic (exact) mass is 513 g/mol. The molecule has 0 radical (unpaired) electrons. The summed E-state index contributed by atoms with van der Waals surface area (Å²) in [4.78, 5) is 39.9. The van der Waals surface area contributed by atoms with Crippen LogP contribution in [-0.2, 0) is 32.0 Å². The Balaban J connectivity index is 1.61. The number of fused-ring (bicyclic) bond motifs is 1. The van der Waals surface area contributed by atoms with E-state index < -0.39 is 17.7 Å². The molecule has 8 heteroatoms. The van der Waals surface area contributed by atoms with Crippen molar-refractivity contribution in [1.29, 1.82) is 0 Å². The van der Waals surface area contributed by atoms with E-state index in [1.54, 1.807) is 73.8 Å². The van der Waals surface area contributed by atoms with E-state index in [0.717, 1.165) is 11.3 Å². The van der Waals surface area contributed by atoms with E-state index in [0.29, 0.717) is 34.5 Å². The van der Waals surface area contributed by atoms with Crippen molar-refractivity contribution in [3.63, 3.8) is 0 Å². The van der Waals surface area contributed by atoms with Crippen molar-refractivity contribution in [2.45, 2.75) is 31.9 Å². The van der Waals surface area contributed by atoms with Crippen LogP contribution in [0.4, 0.5) is 5.69 Å². The molecule has 2 atom stereocenters. The first-order valence-electron chi connectivity index (χ1n) is 12.2. The number of anilines is 1. The molecule has 0 bridgehead atoms. The van der Waals surface area contributed by atoms with Gasteiger partial charge in [0.15, 0.2) is 0 Å². The highest BCUT2D eigenvalue weighted by atomic mass is 16.5. The lowest BCUT2D eigenvalue weighted by atomic mass is 9.94. The van der Waals surface area contributed by atoms with Crippen molar-refractivity contribution < 1.29 is 33.7 Å². The van der Waals surface area contributed by atoms with Crippen LogP contribution >= 0.6 is 0 Å². The summed E-state index contributed by atoms with van der Waals surface area (Å²) in [6.45, 7) is 1.96. The first-order valence-corrected chi connectivity index (χ1v) is 12.2. The molecule has 3 aromatic carbocycles. The smallest absolute Gasteiger partial charge is 0.309 e. The van der Waals surface area contributed by atoms with E-state index in [4.69, 9.17) is 14.2 Å². The van der Waals surface area contributed by atoms with Gasteiger partial charge in [-0.1, -0.05) is 24.3 Å². The van der Waals surface area contributed by atoms with Crippen molar-refractivity contribution in [2.75, 3.05) is 19.1 Å². The number of methoxy groups -OCH3 is 2. The maximum atomic E-state index is 13.4. The van der Waals surface area contributed by atoms with Crippen molar-refractivity contribution >= 4 is 29.1 Å². The molecule has 0 aliphatic carbocycles. The number of rotatable bonds is 6. The van der Waals surface area contributed by atoms with Gasteiger partial charge < -0.3 is 19.3 Å². The third-order valence-corrected chi connectivity index (χ3v) is 6.84.